The quantitative estimate of drug-likeness (QED) is 0.668. The minimum Gasteiger partial charge on any atom is -0.378 e. The molecule has 1 fully saturated rings. The van der Waals surface area contributed by atoms with Gasteiger partial charge in [-0.15, -0.1) is 0 Å². The fraction of sp³-hybridized carbons (Fsp3) is 0.556. The Balaban J connectivity index is 1.94. The lowest BCUT2D eigenvalue weighted by molar-refractivity contribution is -0.0303. The van der Waals surface area contributed by atoms with Crippen molar-refractivity contribution in [2.75, 3.05) is 6.61 Å². The SMILES string of the molecule is C[Si](C)(C)C1(CCC=Cc2ccccc2)CCCCO1. The van der Waals surface area contributed by atoms with Crippen LogP contribution in [0, 0.1) is 0 Å². The van der Waals surface area contributed by atoms with Crippen LogP contribution >= 0.6 is 0 Å². The molecule has 110 valence electrons. The average molecular weight is 289 g/mol. The van der Waals surface area contributed by atoms with Crippen LogP contribution in [0.1, 0.15) is 37.7 Å². The molecular formula is C18H28OSi. The van der Waals surface area contributed by atoms with Gasteiger partial charge in [0.05, 0.1) is 13.3 Å². The van der Waals surface area contributed by atoms with E-state index in [4.69, 9.17) is 4.74 Å². The summed E-state index contributed by atoms with van der Waals surface area (Å²) < 4.78 is 6.31. The molecule has 0 spiro atoms. The molecule has 20 heavy (non-hydrogen) atoms. The van der Waals surface area contributed by atoms with E-state index in [-0.39, 0.29) is 5.22 Å². The molecule has 0 amide bonds. The zero-order valence-corrected chi connectivity index (χ0v) is 14.2. The van der Waals surface area contributed by atoms with Gasteiger partial charge in [0.1, 0.15) is 0 Å². The highest BCUT2D eigenvalue weighted by atomic mass is 28.3. The topological polar surface area (TPSA) is 9.23 Å². The molecule has 1 heterocycles. The Morgan fingerprint density at radius 2 is 1.90 bits per heavy atom. The van der Waals surface area contributed by atoms with E-state index in [9.17, 15) is 0 Å². The minimum absolute atomic E-state index is 0.201. The predicted octanol–water partition coefficient (Wildman–Crippen LogP) is 5.30. The molecule has 0 saturated carbocycles. The van der Waals surface area contributed by atoms with E-state index in [1.807, 2.05) is 0 Å². The van der Waals surface area contributed by atoms with Gasteiger partial charge in [-0.3, -0.25) is 0 Å². The summed E-state index contributed by atoms with van der Waals surface area (Å²) in [5, 5.41) is 0.201. The third-order valence-corrected chi connectivity index (χ3v) is 7.92. The largest absolute Gasteiger partial charge is 0.378 e. The van der Waals surface area contributed by atoms with E-state index >= 15 is 0 Å². The molecule has 0 aliphatic carbocycles. The first-order valence-corrected chi connectivity index (χ1v) is 11.4. The van der Waals surface area contributed by atoms with Crippen LogP contribution in [0.3, 0.4) is 0 Å². The normalized spacial score (nSPS) is 24.1. The van der Waals surface area contributed by atoms with E-state index < -0.39 is 8.07 Å². The first kappa shape index (κ1) is 15.5. The first-order valence-electron chi connectivity index (χ1n) is 7.89. The van der Waals surface area contributed by atoms with E-state index in [0.29, 0.717) is 0 Å². The molecule has 0 N–H and O–H groups in total. The summed E-state index contributed by atoms with van der Waals surface area (Å²) in [5.74, 6) is 0. The Labute approximate surface area is 125 Å². The fourth-order valence-corrected chi connectivity index (χ4v) is 5.47. The van der Waals surface area contributed by atoms with Crippen LogP contribution in [0.25, 0.3) is 6.08 Å². The second-order valence-corrected chi connectivity index (χ2v) is 12.3. The zero-order chi connectivity index (χ0) is 14.5. The molecule has 2 rings (SSSR count). The molecule has 1 atom stereocenters. The molecular weight excluding hydrogens is 260 g/mol. The summed E-state index contributed by atoms with van der Waals surface area (Å²) in [6.45, 7) is 8.34. The number of hydrogen-bond acceptors (Lipinski definition) is 1. The van der Waals surface area contributed by atoms with Crippen LogP contribution < -0.4 is 0 Å². The Morgan fingerprint density at radius 1 is 1.15 bits per heavy atom. The summed E-state index contributed by atoms with van der Waals surface area (Å²) in [7, 11) is -1.29. The lowest BCUT2D eigenvalue weighted by Gasteiger charge is -2.46. The van der Waals surface area contributed by atoms with Crippen LogP contribution in [-0.2, 0) is 4.74 Å². The van der Waals surface area contributed by atoms with Gasteiger partial charge in [-0.25, -0.2) is 0 Å². The maximum absolute atomic E-state index is 6.31. The highest BCUT2D eigenvalue weighted by Gasteiger charge is 2.44. The first-order chi connectivity index (χ1) is 9.54. The molecule has 1 saturated heterocycles. The summed E-state index contributed by atoms with van der Waals surface area (Å²) in [5.41, 5.74) is 1.29. The highest BCUT2D eigenvalue weighted by molar-refractivity contribution is 6.79. The van der Waals surface area contributed by atoms with Gasteiger partial charge in [-0.1, -0.05) is 62.1 Å². The maximum Gasteiger partial charge on any atom is 0.0824 e. The Hall–Kier alpha value is -0.863. The van der Waals surface area contributed by atoms with E-state index in [0.717, 1.165) is 13.0 Å². The summed E-state index contributed by atoms with van der Waals surface area (Å²) >= 11 is 0. The Morgan fingerprint density at radius 3 is 2.50 bits per heavy atom. The van der Waals surface area contributed by atoms with Gasteiger partial charge < -0.3 is 4.74 Å². The second kappa shape index (κ2) is 6.73. The number of allylic oxidation sites excluding steroid dienone is 1. The van der Waals surface area contributed by atoms with Crippen LogP contribution in [0.5, 0.6) is 0 Å². The van der Waals surface area contributed by atoms with Crippen molar-refractivity contribution in [2.24, 2.45) is 0 Å². The molecule has 0 bridgehead atoms. The van der Waals surface area contributed by atoms with Crippen LogP contribution in [0.2, 0.25) is 19.6 Å². The molecule has 2 heteroatoms. The van der Waals surface area contributed by atoms with Gasteiger partial charge in [0.25, 0.3) is 0 Å². The summed E-state index contributed by atoms with van der Waals surface area (Å²) in [4.78, 5) is 0. The smallest absolute Gasteiger partial charge is 0.0824 e. The Kier molecular flexibility index (Phi) is 5.22. The van der Waals surface area contributed by atoms with Crippen molar-refractivity contribution < 1.29 is 4.74 Å². The zero-order valence-electron chi connectivity index (χ0n) is 13.2. The predicted molar refractivity (Wildman–Crippen MR) is 90.6 cm³/mol. The number of benzene rings is 1. The van der Waals surface area contributed by atoms with E-state index in [1.165, 1.54) is 31.2 Å². The second-order valence-electron chi connectivity index (χ2n) is 6.90. The van der Waals surface area contributed by atoms with E-state index in [1.54, 1.807) is 0 Å². The standard InChI is InChI=1S/C18H28OSi/c1-20(2,3)18(15-9-10-16-19-18)14-8-7-13-17-11-5-4-6-12-17/h4-7,11-13H,8-10,14-16H2,1-3H3. The van der Waals surface area contributed by atoms with Crippen molar-refractivity contribution in [2.45, 2.75) is 57.0 Å². The van der Waals surface area contributed by atoms with E-state index in [2.05, 4.69) is 62.1 Å². The lowest BCUT2D eigenvalue weighted by atomic mass is 10.0. The molecule has 1 aromatic carbocycles. The molecule has 1 aromatic rings. The molecule has 0 aromatic heterocycles. The van der Waals surface area contributed by atoms with Crippen molar-refractivity contribution in [1.82, 2.24) is 0 Å². The molecule has 1 unspecified atom stereocenters. The van der Waals surface area contributed by atoms with Gasteiger partial charge in [0.15, 0.2) is 0 Å². The lowest BCUT2D eigenvalue weighted by Crippen LogP contribution is -2.55. The highest BCUT2D eigenvalue weighted by Crippen LogP contribution is 2.37. The molecule has 1 aliphatic heterocycles. The third kappa shape index (κ3) is 3.83. The fourth-order valence-electron chi connectivity index (χ4n) is 3.12. The molecule has 1 nitrogen and oxygen atoms in total. The van der Waals surface area contributed by atoms with Crippen molar-refractivity contribution >= 4 is 14.1 Å². The summed E-state index contributed by atoms with van der Waals surface area (Å²) in [6, 6.07) is 10.6. The molecule has 0 radical (unpaired) electrons. The van der Waals surface area contributed by atoms with Gasteiger partial charge >= 0.3 is 0 Å². The number of hydrogen-bond donors (Lipinski definition) is 0. The average Bonchev–Trinajstić information content (AvgIpc) is 2.45. The Bertz CT molecular complexity index is 424. The number of rotatable bonds is 5. The van der Waals surface area contributed by atoms with Gasteiger partial charge in [0.2, 0.25) is 0 Å². The molecule has 1 aliphatic rings. The van der Waals surface area contributed by atoms with Crippen molar-refractivity contribution in [3.05, 3.63) is 42.0 Å². The van der Waals surface area contributed by atoms with Crippen LogP contribution in [0.15, 0.2) is 36.4 Å². The minimum atomic E-state index is -1.29. The number of ether oxygens (including phenoxy) is 1. The van der Waals surface area contributed by atoms with Crippen molar-refractivity contribution in [3.8, 4) is 0 Å². The van der Waals surface area contributed by atoms with Gasteiger partial charge in [0, 0.05) is 6.61 Å². The van der Waals surface area contributed by atoms with Gasteiger partial charge in [-0.05, 0) is 37.7 Å². The maximum atomic E-state index is 6.31. The van der Waals surface area contributed by atoms with Crippen molar-refractivity contribution in [3.63, 3.8) is 0 Å². The monoisotopic (exact) mass is 288 g/mol. The van der Waals surface area contributed by atoms with Crippen LogP contribution in [0.4, 0.5) is 0 Å². The van der Waals surface area contributed by atoms with Crippen LogP contribution in [-0.4, -0.2) is 19.9 Å². The van der Waals surface area contributed by atoms with Gasteiger partial charge in [-0.2, -0.15) is 0 Å². The third-order valence-electron chi connectivity index (χ3n) is 4.54. The van der Waals surface area contributed by atoms with Crippen molar-refractivity contribution in [1.29, 1.82) is 0 Å². The summed E-state index contributed by atoms with van der Waals surface area (Å²) in [6.07, 6.45) is 10.7.